The Morgan fingerprint density at radius 3 is 2.14 bits per heavy atom. The number of nitrogens with one attached hydrogen (secondary N) is 1. The van der Waals surface area contributed by atoms with Crippen LogP contribution in [-0.2, 0) is 14.6 Å². The van der Waals surface area contributed by atoms with Crippen molar-refractivity contribution in [2.75, 3.05) is 5.43 Å². The minimum Gasteiger partial charge on any atom is -0.292 e. The van der Waals surface area contributed by atoms with Crippen molar-refractivity contribution < 1.29 is 13.2 Å². The van der Waals surface area contributed by atoms with Gasteiger partial charge in [0.25, 0.3) is 0 Å². The van der Waals surface area contributed by atoms with Crippen LogP contribution in [0.5, 0.6) is 0 Å². The number of hydrogen-bond donors (Lipinski definition) is 1. The lowest BCUT2D eigenvalue weighted by Crippen LogP contribution is -2.23. The summed E-state index contributed by atoms with van der Waals surface area (Å²) >= 11 is 0. The molecule has 6 heteroatoms. The van der Waals surface area contributed by atoms with Gasteiger partial charge in [-0.15, -0.1) is 0 Å². The molecule has 0 aromatic heterocycles. The molecule has 0 spiro atoms. The summed E-state index contributed by atoms with van der Waals surface area (Å²) in [4.78, 5) is 11.7. The molecule has 5 nitrogen and oxygen atoms in total. The van der Waals surface area contributed by atoms with E-state index < -0.39 is 20.7 Å². The number of Topliss-reactive ketones (excluding diaryl/α,β-unsaturated/α-hetero) is 1. The number of ketones is 1. The second kappa shape index (κ2) is 6.53. The molecule has 0 radical (unpaired) electrons. The molecule has 0 saturated heterocycles. The van der Waals surface area contributed by atoms with Crippen LogP contribution in [0.4, 0.5) is 5.69 Å². The molecule has 2 aromatic rings. The van der Waals surface area contributed by atoms with Crippen LogP contribution < -0.4 is 5.43 Å². The van der Waals surface area contributed by atoms with Crippen molar-refractivity contribution in [3.8, 4) is 0 Å². The van der Waals surface area contributed by atoms with E-state index >= 15 is 0 Å². The summed E-state index contributed by atoms with van der Waals surface area (Å²) in [6.07, 6.45) is 0. The smallest absolute Gasteiger partial charge is 0.229 e. The molecule has 0 aliphatic heterocycles. The van der Waals surface area contributed by atoms with Crippen LogP contribution in [-0.4, -0.2) is 19.2 Å². The Hall–Kier alpha value is -2.47. The highest BCUT2D eigenvalue weighted by molar-refractivity contribution is 8.08. The molecule has 0 aliphatic rings. The first-order valence-electron chi connectivity index (χ1n) is 6.62. The van der Waals surface area contributed by atoms with Crippen LogP contribution in [0.2, 0.25) is 0 Å². The van der Waals surface area contributed by atoms with Gasteiger partial charge in [-0.2, -0.15) is 5.10 Å². The maximum Gasteiger partial charge on any atom is 0.229 e. The zero-order chi connectivity index (χ0) is 16.2. The summed E-state index contributed by atoms with van der Waals surface area (Å²) in [5.74, 6) is -0.622. The largest absolute Gasteiger partial charge is 0.292 e. The van der Waals surface area contributed by atoms with Crippen molar-refractivity contribution in [1.82, 2.24) is 0 Å². The van der Waals surface area contributed by atoms with Gasteiger partial charge in [-0.25, -0.2) is 8.42 Å². The van der Waals surface area contributed by atoms with E-state index in [0.29, 0.717) is 5.69 Å². The lowest BCUT2D eigenvalue weighted by molar-refractivity contribution is -0.110. The predicted octanol–water partition coefficient (Wildman–Crippen LogP) is 2.78. The fourth-order valence-corrected chi connectivity index (χ4v) is 3.07. The molecule has 0 bridgehead atoms. The summed E-state index contributed by atoms with van der Waals surface area (Å²) in [6.45, 7) is 3.12. The van der Waals surface area contributed by atoms with Crippen molar-refractivity contribution in [3.05, 3.63) is 60.2 Å². The van der Waals surface area contributed by atoms with Crippen LogP contribution in [0.25, 0.3) is 0 Å². The summed E-state index contributed by atoms with van der Waals surface area (Å²) < 4.78 is 24.9. The SMILES string of the molecule is CC(=O)C(=NNc1ccc(C)cc1)S(=O)(=O)c1ccccc1. The minimum absolute atomic E-state index is 0.0367. The number of aryl methyl sites for hydroxylation is 1. The van der Waals surface area contributed by atoms with Crippen LogP contribution >= 0.6 is 0 Å². The Balaban J connectivity index is 2.36. The molecule has 0 heterocycles. The Morgan fingerprint density at radius 1 is 1.00 bits per heavy atom. The van der Waals surface area contributed by atoms with E-state index in [4.69, 9.17) is 0 Å². The molecule has 0 unspecified atom stereocenters. The van der Waals surface area contributed by atoms with Crippen LogP contribution in [0.1, 0.15) is 12.5 Å². The molecule has 0 aliphatic carbocycles. The van der Waals surface area contributed by atoms with Gasteiger partial charge in [0, 0.05) is 6.92 Å². The molecule has 0 atom stereocenters. The summed E-state index contributed by atoms with van der Waals surface area (Å²) in [5, 5.41) is 3.29. The molecule has 22 heavy (non-hydrogen) atoms. The summed E-state index contributed by atoms with van der Waals surface area (Å²) in [7, 11) is -3.94. The highest BCUT2D eigenvalue weighted by Gasteiger charge is 2.26. The lowest BCUT2D eigenvalue weighted by atomic mass is 10.2. The Kier molecular flexibility index (Phi) is 4.72. The number of carbonyl (C=O) groups excluding carboxylic acids is 1. The van der Waals surface area contributed by atoms with Crippen molar-refractivity contribution in [3.63, 3.8) is 0 Å². The van der Waals surface area contributed by atoms with E-state index in [0.717, 1.165) is 5.56 Å². The van der Waals surface area contributed by atoms with Gasteiger partial charge in [-0.1, -0.05) is 35.9 Å². The number of hydrazone groups is 1. The number of benzene rings is 2. The second-order valence-corrected chi connectivity index (χ2v) is 6.63. The standard InChI is InChI=1S/C16H16N2O3S/c1-12-8-10-14(11-9-12)17-18-16(13(2)19)22(20,21)15-6-4-3-5-7-15/h3-11,17H,1-2H3. The third-order valence-electron chi connectivity index (χ3n) is 2.95. The van der Waals surface area contributed by atoms with Crippen molar-refractivity contribution in [2.45, 2.75) is 18.7 Å². The van der Waals surface area contributed by atoms with Gasteiger partial charge in [0.1, 0.15) is 0 Å². The summed E-state index contributed by atoms with van der Waals surface area (Å²) in [5.41, 5.74) is 4.29. The third kappa shape index (κ3) is 3.59. The molecule has 0 fully saturated rings. The van der Waals surface area contributed by atoms with Gasteiger partial charge in [-0.3, -0.25) is 10.2 Å². The highest BCUT2D eigenvalue weighted by atomic mass is 32.2. The average Bonchev–Trinajstić information content (AvgIpc) is 2.50. The Morgan fingerprint density at radius 2 is 1.59 bits per heavy atom. The fourth-order valence-electron chi connectivity index (χ4n) is 1.78. The van der Waals surface area contributed by atoms with Crippen molar-refractivity contribution in [1.29, 1.82) is 0 Å². The van der Waals surface area contributed by atoms with Crippen LogP contribution in [0.3, 0.4) is 0 Å². The lowest BCUT2D eigenvalue weighted by Gasteiger charge is -2.06. The predicted molar refractivity (Wildman–Crippen MR) is 86.5 cm³/mol. The third-order valence-corrected chi connectivity index (χ3v) is 4.73. The maximum atomic E-state index is 12.5. The molecule has 1 N–H and O–H groups in total. The molecule has 114 valence electrons. The van der Waals surface area contributed by atoms with E-state index in [1.54, 1.807) is 30.3 Å². The highest BCUT2D eigenvalue weighted by Crippen LogP contribution is 2.14. The number of nitrogens with zero attached hydrogens (tertiary/aromatic N) is 1. The number of carbonyl (C=O) groups is 1. The molecule has 0 saturated carbocycles. The Bertz CT molecular complexity index is 795. The zero-order valence-electron chi connectivity index (χ0n) is 12.3. The van der Waals surface area contributed by atoms with E-state index in [9.17, 15) is 13.2 Å². The van der Waals surface area contributed by atoms with Gasteiger partial charge in [0.2, 0.25) is 14.9 Å². The van der Waals surface area contributed by atoms with Crippen molar-refractivity contribution in [2.24, 2.45) is 5.10 Å². The molecule has 2 aromatic carbocycles. The number of anilines is 1. The fraction of sp³-hybridized carbons (Fsp3) is 0.125. The topological polar surface area (TPSA) is 75.6 Å². The van der Waals surface area contributed by atoms with E-state index in [1.807, 2.05) is 19.1 Å². The van der Waals surface area contributed by atoms with Crippen LogP contribution in [0.15, 0.2) is 64.6 Å². The van der Waals surface area contributed by atoms with E-state index in [-0.39, 0.29) is 4.90 Å². The average molecular weight is 316 g/mol. The monoisotopic (exact) mass is 316 g/mol. The van der Waals surface area contributed by atoms with E-state index in [1.165, 1.54) is 19.1 Å². The minimum atomic E-state index is -3.94. The quantitative estimate of drug-likeness (QED) is 0.534. The molecular weight excluding hydrogens is 300 g/mol. The molecular formula is C16H16N2O3S. The molecule has 2 rings (SSSR count). The first-order valence-corrected chi connectivity index (χ1v) is 8.11. The van der Waals surface area contributed by atoms with Gasteiger partial charge in [0.15, 0.2) is 5.78 Å². The maximum absolute atomic E-state index is 12.5. The first kappa shape index (κ1) is 15.9. The normalized spacial score (nSPS) is 12.0. The first-order chi connectivity index (χ1) is 10.4. The van der Waals surface area contributed by atoms with Gasteiger partial charge < -0.3 is 0 Å². The summed E-state index contributed by atoms with van der Waals surface area (Å²) in [6, 6.07) is 15.0. The van der Waals surface area contributed by atoms with Crippen LogP contribution in [0, 0.1) is 6.92 Å². The number of hydrogen-bond acceptors (Lipinski definition) is 5. The zero-order valence-corrected chi connectivity index (χ0v) is 13.1. The van der Waals surface area contributed by atoms with Gasteiger partial charge in [-0.05, 0) is 31.2 Å². The van der Waals surface area contributed by atoms with Gasteiger partial charge in [0.05, 0.1) is 10.6 Å². The van der Waals surface area contributed by atoms with E-state index in [2.05, 4.69) is 10.5 Å². The van der Waals surface area contributed by atoms with Gasteiger partial charge >= 0.3 is 0 Å². The number of sulfone groups is 1. The Labute approximate surface area is 129 Å². The van der Waals surface area contributed by atoms with Crippen molar-refractivity contribution >= 4 is 26.4 Å². The second-order valence-electron chi connectivity index (χ2n) is 4.77. The molecule has 0 amide bonds. The number of rotatable bonds is 4.